The molecule has 2 atom stereocenters. The highest BCUT2D eigenvalue weighted by atomic mass is 19.3. The molecule has 2 aliphatic rings. The van der Waals surface area contributed by atoms with Gasteiger partial charge in [0.2, 0.25) is 0 Å². The summed E-state index contributed by atoms with van der Waals surface area (Å²) in [7, 11) is 0. The van der Waals surface area contributed by atoms with Crippen LogP contribution in [0.4, 0.5) is 19.4 Å². The Morgan fingerprint density at radius 1 is 1.36 bits per heavy atom. The first-order chi connectivity index (χ1) is 13.1. The minimum absolute atomic E-state index is 0.00614. The lowest BCUT2D eigenvalue weighted by Crippen LogP contribution is -2.58. The monoisotopic (exact) mass is 397 g/mol. The van der Waals surface area contributed by atoms with Crippen LogP contribution in [0, 0.1) is 0 Å². The van der Waals surface area contributed by atoms with E-state index in [0.29, 0.717) is 37.5 Å². The van der Waals surface area contributed by atoms with Gasteiger partial charge in [-0.05, 0) is 52.7 Å². The van der Waals surface area contributed by atoms with Crippen molar-refractivity contribution in [3.63, 3.8) is 0 Å². The molecule has 0 spiro atoms. The summed E-state index contributed by atoms with van der Waals surface area (Å²) in [6, 6.07) is 1.76. The van der Waals surface area contributed by atoms with Gasteiger partial charge in [-0.3, -0.25) is 0 Å². The molecule has 0 unspecified atom stereocenters. The summed E-state index contributed by atoms with van der Waals surface area (Å²) in [5.41, 5.74) is 0.599. The summed E-state index contributed by atoms with van der Waals surface area (Å²) in [5, 5.41) is 0. The molecule has 6 nitrogen and oxygen atoms in total. The van der Waals surface area contributed by atoms with Crippen molar-refractivity contribution in [1.29, 1.82) is 0 Å². The average Bonchev–Trinajstić information content (AvgIpc) is 2.95. The Morgan fingerprint density at radius 2 is 2.07 bits per heavy atom. The fourth-order valence-electron chi connectivity index (χ4n) is 3.95. The normalized spacial score (nSPS) is 21.7. The Balaban J connectivity index is 1.84. The van der Waals surface area contributed by atoms with Crippen molar-refractivity contribution in [2.24, 2.45) is 0 Å². The molecule has 1 aromatic rings. The SMILES string of the molecule is CCOCc1cc2c(nc1C(F)F)N1[C@H](C2)CN(C(=O)OC(C)(C)C)C[C@H]1C. The Morgan fingerprint density at radius 3 is 2.68 bits per heavy atom. The number of ether oxygens (including phenoxy) is 2. The highest BCUT2D eigenvalue weighted by molar-refractivity contribution is 5.69. The zero-order chi connectivity index (χ0) is 20.6. The van der Waals surface area contributed by atoms with Crippen LogP contribution in [0.15, 0.2) is 6.07 Å². The number of aromatic nitrogens is 1. The number of nitrogens with zero attached hydrogens (tertiary/aromatic N) is 3. The van der Waals surface area contributed by atoms with Gasteiger partial charge in [0, 0.05) is 31.3 Å². The Bertz CT molecular complexity index is 736. The number of pyridine rings is 1. The first kappa shape index (κ1) is 20.8. The van der Waals surface area contributed by atoms with Gasteiger partial charge in [-0.15, -0.1) is 0 Å². The summed E-state index contributed by atoms with van der Waals surface area (Å²) in [6.07, 6.45) is -2.33. The first-order valence-corrected chi connectivity index (χ1v) is 9.75. The molecule has 3 rings (SSSR count). The van der Waals surface area contributed by atoms with Crippen LogP contribution in [0.25, 0.3) is 0 Å². The van der Waals surface area contributed by atoms with E-state index in [1.807, 2.05) is 34.6 Å². The zero-order valence-corrected chi connectivity index (χ0v) is 17.2. The van der Waals surface area contributed by atoms with E-state index >= 15 is 0 Å². The minimum atomic E-state index is -2.65. The molecule has 8 heteroatoms. The van der Waals surface area contributed by atoms with E-state index in [0.717, 1.165) is 5.56 Å². The summed E-state index contributed by atoms with van der Waals surface area (Å²) in [5.74, 6) is 0.608. The van der Waals surface area contributed by atoms with Crippen LogP contribution in [0.2, 0.25) is 0 Å². The average molecular weight is 397 g/mol. The maximum absolute atomic E-state index is 13.6. The van der Waals surface area contributed by atoms with E-state index in [4.69, 9.17) is 9.47 Å². The van der Waals surface area contributed by atoms with Gasteiger partial charge in [0.15, 0.2) is 0 Å². The van der Waals surface area contributed by atoms with Crippen LogP contribution >= 0.6 is 0 Å². The molecule has 0 radical (unpaired) electrons. The molecular weight excluding hydrogens is 368 g/mol. The van der Waals surface area contributed by atoms with Crippen LogP contribution < -0.4 is 4.90 Å². The number of rotatable bonds is 4. The number of hydrogen-bond acceptors (Lipinski definition) is 5. The second kappa shape index (κ2) is 7.81. The first-order valence-electron chi connectivity index (χ1n) is 9.75. The fourth-order valence-corrected chi connectivity index (χ4v) is 3.95. The number of amides is 1. The Kier molecular flexibility index (Phi) is 5.79. The van der Waals surface area contributed by atoms with E-state index in [9.17, 15) is 13.6 Å². The van der Waals surface area contributed by atoms with Crippen LogP contribution in [0.5, 0.6) is 0 Å². The van der Waals surface area contributed by atoms with Gasteiger partial charge >= 0.3 is 6.09 Å². The Hall–Kier alpha value is -1.96. The van der Waals surface area contributed by atoms with Gasteiger partial charge in [0.25, 0.3) is 6.43 Å². The summed E-state index contributed by atoms with van der Waals surface area (Å²) in [6.45, 7) is 10.9. The number of hydrogen-bond donors (Lipinski definition) is 0. The standard InChI is InChI=1S/C20H29F2N3O3/c1-6-27-11-14-7-13-8-15-10-24(19(26)28-20(3,4)5)9-12(2)25(15)18(13)23-16(14)17(21)22/h7,12,15,17H,6,8-11H2,1-5H3/t12-,15-/m1/s1. The van der Waals surface area contributed by atoms with Crippen molar-refractivity contribution in [3.05, 3.63) is 22.9 Å². The third-order valence-electron chi connectivity index (χ3n) is 5.00. The molecule has 28 heavy (non-hydrogen) atoms. The largest absolute Gasteiger partial charge is 0.444 e. The van der Waals surface area contributed by atoms with Crippen molar-refractivity contribution in [2.45, 2.75) is 71.8 Å². The number of piperazine rings is 1. The van der Waals surface area contributed by atoms with Gasteiger partial charge in [-0.1, -0.05) is 0 Å². The molecule has 2 aliphatic heterocycles. The molecule has 1 fully saturated rings. The number of fused-ring (bicyclic) bond motifs is 3. The molecule has 0 N–H and O–H groups in total. The highest BCUT2D eigenvalue weighted by Crippen LogP contribution is 2.38. The number of carbonyl (C=O) groups is 1. The maximum Gasteiger partial charge on any atom is 0.410 e. The van der Waals surface area contributed by atoms with Gasteiger partial charge in [-0.25, -0.2) is 18.6 Å². The van der Waals surface area contributed by atoms with E-state index in [1.165, 1.54) is 0 Å². The van der Waals surface area contributed by atoms with Gasteiger partial charge < -0.3 is 19.3 Å². The zero-order valence-electron chi connectivity index (χ0n) is 17.2. The van der Waals surface area contributed by atoms with Crippen molar-refractivity contribution in [3.8, 4) is 0 Å². The molecule has 0 aromatic carbocycles. The second-order valence-corrected chi connectivity index (χ2v) is 8.45. The lowest BCUT2D eigenvalue weighted by molar-refractivity contribution is 0.0191. The number of alkyl halides is 2. The lowest BCUT2D eigenvalue weighted by Gasteiger charge is -2.43. The molecule has 1 aromatic heterocycles. The van der Waals surface area contributed by atoms with E-state index in [-0.39, 0.29) is 30.5 Å². The lowest BCUT2D eigenvalue weighted by atomic mass is 10.1. The van der Waals surface area contributed by atoms with Crippen LogP contribution in [0.3, 0.4) is 0 Å². The number of halogens is 2. The molecule has 0 saturated carbocycles. The highest BCUT2D eigenvalue weighted by Gasteiger charge is 2.42. The third-order valence-corrected chi connectivity index (χ3v) is 5.00. The Labute approximate surface area is 164 Å². The predicted octanol–water partition coefficient (Wildman–Crippen LogP) is 3.93. The molecular formula is C20H29F2N3O3. The van der Waals surface area contributed by atoms with Crippen LogP contribution in [-0.4, -0.2) is 53.4 Å². The molecule has 1 saturated heterocycles. The van der Waals surface area contributed by atoms with Crippen molar-refractivity contribution in [2.75, 3.05) is 24.6 Å². The quantitative estimate of drug-likeness (QED) is 0.771. The van der Waals surface area contributed by atoms with Crippen LogP contribution in [-0.2, 0) is 22.5 Å². The minimum Gasteiger partial charge on any atom is -0.444 e. The van der Waals surface area contributed by atoms with E-state index < -0.39 is 12.0 Å². The maximum atomic E-state index is 13.6. The van der Waals surface area contributed by atoms with Crippen molar-refractivity contribution in [1.82, 2.24) is 9.88 Å². The molecule has 0 aliphatic carbocycles. The fraction of sp³-hybridized carbons (Fsp3) is 0.700. The second-order valence-electron chi connectivity index (χ2n) is 8.45. The summed E-state index contributed by atoms with van der Waals surface area (Å²) in [4.78, 5) is 20.6. The molecule has 0 bridgehead atoms. The number of carbonyl (C=O) groups excluding carboxylic acids is 1. The van der Waals surface area contributed by atoms with Crippen molar-refractivity contribution < 1.29 is 23.0 Å². The van der Waals surface area contributed by atoms with Gasteiger partial charge in [-0.2, -0.15) is 0 Å². The molecule has 156 valence electrons. The molecule has 1 amide bonds. The number of anilines is 1. The smallest absolute Gasteiger partial charge is 0.410 e. The summed E-state index contributed by atoms with van der Waals surface area (Å²) < 4.78 is 38.0. The summed E-state index contributed by atoms with van der Waals surface area (Å²) >= 11 is 0. The van der Waals surface area contributed by atoms with Gasteiger partial charge in [0.05, 0.1) is 12.6 Å². The van der Waals surface area contributed by atoms with E-state index in [2.05, 4.69) is 9.88 Å². The van der Waals surface area contributed by atoms with Gasteiger partial charge in [0.1, 0.15) is 17.1 Å². The van der Waals surface area contributed by atoms with Crippen molar-refractivity contribution >= 4 is 11.9 Å². The third kappa shape index (κ3) is 4.21. The molecule has 3 heterocycles. The van der Waals surface area contributed by atoms with Crippen LogP contribution in [0.1, 0.15) is 57.9 Å². The van der Waals surface area contributed by atoms with E-state index in [1.54, 1.807) is 11.0 Å². The predicted molar refractivity (Wildman–Crippen MR) is 102 cm³/mol. The topological polar surface area (TPSA) is 54.9 Å².